The molecule has 0 amide bonds. The lowest BCUT2D eigenvalue weighted by Crippen LogP contribution is -2.36. The number of aromatic nitrogens is 3. The maximum atomic E-state index is 13.6. The maximum absolute atomic E-state index is 13.6. The highest BCUT2D eigenvalue weighted by atomic mass is 19.1. The van der Waals surface area contributed by atoms with Crippen molar-refractivity contribution in [2.75, 3.05) is 32.0 Å². The highest BCUT2D eigenvalue weighted by Gasteiger charge is 2.18. The van der Waals surface area contributed by atoms with E-state index in [2.05, 4.69) is 15.0 Å². The number of morpholine rings is 1. The molecule has 3 aromatic rings. The van der Waals surface area contributed by atoms with Crippen LogP contribution in [0.3, 0.4) is 0 Å². The SMILES string of the molecule is Nc1ncnn2c(CN3CCOCC3)cc(-c3cccc(F)c3)c12. The zero-order valence-corrected chi connectivity index (χ0v) is 13.2. The fraction of sp³-hybridized carbons (Fsp3) is 0.294. The van der Waals surface area contributed by atoms with Crippen molar-refractivity contribution in [1.29, 1.82) is 0 Å². The van der Waals surface area contributed by atoms with Gasteiger partial charge in [-0.2, -0.15) is 5.10 Å². The van der Waals surface area contributed by atoms with Crippen molar-refractivity contribution in [3.63, 3.8) is 0 Å². The Bertz CT molecular complexity index is 873. The first kappa shape index (κ1) is 15.0. The van der Waals surface area contributed by atoms with Gasteiger partial charge in [0.25, 0.3) is 0 Å². The van der Waals surface area contributed by atoms with E-state index in [1.54, 1.807) is 10.6 Å². The first-order chi connectivity index (χ1) is 11.7. The van der Waals surface area contributed by atoms with E-state index in [1.807, 2.05) is 12.1 Å². The lowest BCUT2D eigenvalue weighted by atomic mass is 10.1. The van der Waals surface area contributed by atoms with Crippen molar-refractivity contribution in [2.24, 2.45) is 0 Å². The number of fused-ring (bicyclic) bond motifs is 1. The van der Waals surface area contributed by atoms with Crippen LogP contribution in [-0.2, 0) is 11.3 Å². The zero-order chi connectivity index (χ0) is 16.5. The smallest absolute Gasteiger partial charge is 0.151 e. The second-order valence-corrected chi connectivity index (χ2v) is 5.85. The molecule has 2 N–H and O–H groups in total. The number of hydrogen-bond acceptors (Lipinski definition) is 5. The predicted octanol–water partition coefficient (Wildman–Crippen LogP) is 1.95. The van der Waals surface area contributed by atoms with Gasteiger partial charge in [-0.05, 0) is 23.8 Å². The summed E-state index contributed by atoms with van der Waals surface area (Å²) < 4.78 is 20.8. The van der Waals surface area contributed by atoms with Crippen LogP contribution >= 0.6 is 0 Å². The van der Waals surface area contributed by atoms with E-state index in [4.69, 9.17) is 10.5 Å². The van der Waals surface area contributed by atoms with E-state index >= 15 is 0 Å². The Balaban J connectivity index is 1.82. The Morgan fingerprint density at radius 2 is 2.04 bits per heavy atom. The molecule has 0 unspecified atom stereocenters. The van der Waals surface area contributed by atoms with Crippen LogP contribution in [0.25, 0.3) is 16.6 Å². The van der Waals surface area contributed by atoms with Gasteiger partial charge in [-0.15, -0.1) is 0 Å². The van der Waals surface area contributed by atoms with Gasteiger partial charge < -0.3 is 10.5 Å². The third kappa shape index (κ3) is 2.72. The molecule has 124 valence electrons. The van der Waals surface area contributed by atoms with Crippen LogP contribution in [0.1, 0.15) is 5.69 Å². The summed E-state index contributed by atoms with van der Waals surface area (Å²) in [5.74, 6) is 0.106. The average molecular weight is 327 g/mol. The molecule has 0 atom stereocenters. The maximum Gasteiger partial charge on any atom is 0.151 e. The fourth-order valence-electron chi connectivity index (χ4n) is 3.11. The van der Waals surface area contributed by atoms with Gasteiger partial charge in [0.05, 0.1) is 18.9 Å². The first-order valence-electron chi connectivity index (χ1n) is 7.89. The van der Waals surface area contributed by atoms with Crippen molar-refractivity contribution < 1.29 is 9.13 Å². The molecule has 24 heavy (non-hydrogen) atoms. The number of nitrogens with zero attached hydrogens (tertiary/aromatic N) is 4. The minimum Gasteiger partial charge on any atom is -0.382 e. The van der Waals surface area contributed by atoms with Crippen LogP contribution in [0, 0.1) is 5.82 Å². The van der Waals surface area contributed by atoms with Crippen LogP contribution in [0.4, 0.5) is 10.2 Å². The molecule has 0 aliphatic carbocycles. The minimum absolute atomic E-state index is 0.281. The van der Waals surface area contributed by atoms with Crippen molar-refractivity contribution in [1.82, 2.24) is 19.5 Å². The molecule has 1 saturated heterocycles. The highest BCUT2D eigenvalue weighted by molar-refractivity contribution is 5.88. The molecule has 0 bridgehead atoms. The molecule has 1 aliphatic rings. The van der Waals surface area contributed by atoms with Gasteiger partial charge in [0.15, 0.2) is 5.82 Å². The summed E-state index contributed by atoms with van der Waals surface area (Å²) in [4.78, 5) is 6.40. The van der Waals surface area contributed by atoms with Crippen molar-refractivity contribution >= 4 is 11.3 Å². The molecule has 2 aromatic heterocycles. The molecule has 4 rings (SSSR count). The Morgan fingerprint density at radius 3 is 2.83 bits per heavy atom. The minimum atomic E-state index is -0.281. The molecular formula is C17H18FN5O. The number of rotatable bonds is 3. The molecule has 1 aromatic carbocycles. The molecule has 0 radical (unpaired) electrons. The molecule has 0 saturated carbocycles. The number of ether oxygens (including phenoxy) is 1. The Hall–Kier alpha value is -2.51. The topological polar surface area (TPSA) is 68.7 Å². The Morgan fingerprint density at radius 1 is 1.21 bits per heavy atom. The van der Waals surface area contributed by atoms with Crippen LogP contribution in [-0.4, -0.2) is 45.8 Å². The summed E-state index contributed by atoms with van der Waals surface area (Å²) in [6, 6.07) is 8.50. The number of anilines is 1. The van der Waals surface area contributed by atoms with Gasteiger partial charge in [-0.25, -0.2) is 13.9 Å². The number of benzene rings is 1. The highest BCUT2D eigenvalue weighted by Crippen LogP contribution is 2.31. The van der Waals surface area contributed by atoms with Gasteiger partial charge in [-0.3, -0.25) is 4.90 Å². The van der Waals surface area contributed by atoms with Crippen LogP contribution in [0.5, 0.6) is 0 Å². The number of halogens is 1. The quantitative estimate of drug-likeness (QED) is 0.796. The van der Waals surface area contributed by atoms with Gasteiger partial charge in [0.2, 0.25) is 0 Å². The van der Waals surface area contributed by atoms with E-state index in [0.29, 0.717) is 11.3 Å². The van der Waals surface area contributed by atoms with Crippen LogP contribution in [0.2, 0.25) is 0 Å². The second kappa shape index (κ2) is 6.18. The molecule has 1 aliphatic heterocycles. The molecule has 0 spiro atoms. The summed E-state index contributed by atoms with van der Waals surface area (Å²) in [6.07, 6.45) is 1.44. The van der Waals surface area contributed by atoms with Gasteiger partial charge >= 0.3 is 0 Å². The van der Waals surface area contributed by atoms with E-state index in [1.165, 1.54) is 18.5 Å². The summed E-state index contributed by atoms with van der Waals surface area (Å²) in [5, 5.41) is 4.35. The number of nitrogens with two attached hydrogens (primary N) is 1. The van der Waals surface area contributed by atoms with Crippen LogP contribution < -0.4 is 5.73 Å². The summed E-state index contributed by atoms with van der Waals surface area (Å²) >= 11 is 0. The van der Waals surface area contributed by atoms with E-state index in [9.17, 15) is 4.39 Å². The van der Waals surface area contributed by atoms with Crippen molar-refractivity contribution in [3.8, 4) is 11.1 Å². The Labute approximate surface area is 138 Å². The standard InChI is InChI=1S/C17H18FN5O/c18-13-3-1-2-12(8-13)15-9-14(10-22-4-6-24-7-5-22)23-16(15)17(19)20-11-21-23/h1-3,8-9,11H,4-7,10H2,(H2,19,20,21). The zero-order valence-electron chi connectivity index (χ0n) is 13.2. The largest absolute Gasteiger partial charge is 0.382 e. The van der Waals surface area contributed by atoms with Crippen molar-refractivity contribution in [3.05, 3.63) is 48.2 Å². The van der Waals surface area contributed by atoms with E-state index < -0.39 is 0 Å². The summed E-state index contributed by atoms with van der Waals surface area (Å²) in [6.45, 7) is 3.96. The second-order valence-electron chi connectivity index (χ2n) is 5.85. The van der Waals surface area contributed by atoms with E-state index in [0.717, 1.165) is 49.7 Å². The summed E-state index contributed by atoms with van der Waals surface area (Å²) in [5.41, 5.74) is 9.40. The molecule has 7 heteroatoms. The normalized spacial score (nSPS) is 15.9. The van der Waals surface area contributed by atoms with Gasteiger partial charge in [0.1, 0.15) is 17.7 Å². The van der Waals surface area contributed by atoms with Gasteiger partial charge in [0, 0.05) is 25.2 Å². The number of nitrogen functional groups attached to an aromatic ring is 1. The Kier molecular flexibility index (Phi) is 3.87. The monoisotopic (exact) mass is 327 g/mol. The molecule has 1 fully saturated rings. The van der Waals surface area contributed by atoms with Crippen molar-refractivity contribution in [2.45, 2.75) is 6.54 Å². The third-order valence-electron chi connectivity index (χ3n) is 4.28. The molecular weight excluding hydrogens is 309 g/mol. The lowest BCUT2D eigenvalue weighted by Gasteiger charge is -2.26. The first-order valence-corrected chi connectivity index (χ1v) is 7.89. The van der Waals surface area contributed by atoms with Gasteiger partial charge in [-0.1, -0.05) is 12.1 Å². The fourth-order valence-corrected chi connectivity index (χ4v) is 3.11. The third-order valence-corrected chi connectivity index (χ3v) is 4.28. The number of hydrogen-bond donors (Lipinski definition) is 1. The lowest BCUT2D eigenvalue weighted by molar-refractivity contribution is 0.0334. The average Bonchev–Trinajstić information content (AvgIpc) is 2.96. The molecule has 3 heterocycles. The van der Waals surface area contributed by atoms with Crippen LogP contribution in [0.15, 0.2) is 36.7 Å². The summed E-state index contributed by atoms with van der Waals surface area (Å²) in [7, 11) is 0. The van der Waals surface area contributed by atoms with E-state index in [-0.39, 0.29) is 5.82 Å². The molecule has 6 nitrogen and oxygen atoms in total. The predicted molar refractivity (Wildman–Crippen MR) is 88.9 cm³/mol.